The Morgan fingerprint density at radius 1 is 1.17 bits per heavy atom. The molecule has 0 heterocycles. The fraction of sp³-hybridized carbons (Fsp3) is 0.154. The van der Waals surface area contributed by atoms with Crippen LogP contribution in [0.3, 0.4) is 0 Å². The van der Waals surface area contributed by atoms with Gasteiger partial charge >= 0.3 is 5.97 Å². The summed E-state index contributed by atoms with van der Waals surface area (Å²) >= 11 is 11.9. The lowest BCUT2D eigenvalue weighted by molar-refractivity contribution is 0.0528. The SMILES string of the molecule is CCOC(=O)c1cc2cc(Cl)c(Cl)cc2cc1N. The Balaban J connectivity index is 2.61. The molecule has 0 amide bonds. The van der Waals surface area contributed by atoms with Crippen molar-refractivity contribution >= 4 is 45.6 Å². The van der Waals surface area contributed by atoms with Crippen LogP contribution in [-0.4, -0.2) is 12.6 Å². The van der Waals surface area contributed by atoms with Crippen molar-refractivity contribution in [3.63, 3.8) is 0 Å². The molecule has 0 spiro atoms. The number of hydrogen-bond donors (Lipinski definition) is 1. The highest BCUT2D eigenvalue weighted by molar-refractivity contribution is 6.42. The first-order chi connectivity index (χ1) is 8.52. The lowest BCUT2D eigenvalue weighted by atomic mass is 10.1. The number of anilines is 1. The minimum absolute atomic E-state index is 0.303. The molecule has 2 aromatic rings. The average Bonchev–Trinajstić information content (AvgIpc) is 2.31. The summed E-state index contributed by atoms with van der Waals surface area (Å²) in [6.45, 7) is 2.05. The van der Waals surface area contributed by atoms with Crippen LogP contribution < -0.4 is 5.73 Å². The predicted octanol–water partition coefficient (Wildman–Crippen LogP) is 3.91. The number of fused-ring (bicyclic) bond motifs is 1. The predicted molar refractivity (Wildman–Crippen MR) is 74.3 cm³/mol. The fourth-order valence-corrected chi connectivity index (χ4v) is 2.04. The van der Waals surface area contributed by atoms with E-state index in [9.17, 15) is 4.79 Å². The molecule has 2 N–H and O–H groups in total. The summed E-state index contributed by atoms with van der Waals surface area (Å²) in [7, 11) is 0. The first-order valence-corrected chi connectivity index (χ1v) is 6.14. The molecular formula is C13H11Cl2NO2. The van der Waals surface area contributed by atoms with Crippen LogP contribution in [0.4, 0.5) is 5.69 Å². The van der Waals surface area contributed by atoms with Gasteiger partial charge in [0.25, 0.3) is 0 Å². The summed E-state index contributed by atoms with van der Waals surface area (Å²) in [4.78, 5) is 11.7. The van der Waals surface area contributed by atoms with Gasteiger partial charge in [-0.05, 0) is 42.0 Å². The van der Waals surface area contributed by atoms with Gasteiger partial charge in [0, 0.05) is 5.69 Å². The minimum Gasteiger partial charge on any atom is -0.462 e. The van der Waals surface area contributed by atoms with Crippen LogP contribution in [0.5, 0.6) is 0 Å². The zero-order valence-electron chi connectivity index (χ0n) is 9.67. The topological polar surface area (TPSA) is 52.3 Å². The van der Waals surface area contributed by atoms with Gasteiger partial charge in [0.15, 0.2) is 0 Å². The quantitative estimate of drug-likeness (QED) is 0.672. The number of nitrogens with two attached hydrogens (primary N) is 1. The van der Waals surface area contributed by atoms with E-state index in [0.717, 1.165) is 10.8 Å². The molecule has 0 aliphatic heterocycles. The maximum Gasteiger partial charge on any atom is 0.340 e. The zero-order valence-corrected chi connectivity index (χ0v) is 11.2. The van der Waals surface area contributed by atoms with Crippen molar-refractivity contribution in [3.05, 3.63) is 39.9 Å². The third-order valence-electron chi connectivity index (χ3n) is 2.54. The summed E-state index contributed by atoms with van der Waals surface area (Å²) in [5, 5.41) is 2.51. The Hall–Kier alpha value is -1.45. The first-order valence-electron chi connectivity index (χ1n) is 5.38. The van der Waals surface area contributed by atoms with Crippen LogP contribution in [0, 0.1) is 0 Å². The summed E-state index contributed by atoms with van der Waals surface area (Å²) in [6, 6.07) is 6.75. The molecule has 0 aromatic heterocycles. The summed E-state index contributed by atoms with van der Waals surface area (Å²) in [5.41, 5.74) is 6.53. The molecule has 0 radical (unpaired) electrons. The van der Waals surface area contributed by atoms with Crippen LogP contribution in [0.25, 0.3) is 10.8 Å². The standard InChI is InChI=1S/C13H11Cl2NO2/c1-2-18-13(17)9-3-7-4-10(14)11(15)5-8(7)6-12(9)16/h3-6H,2,16H2,1H3. The van der Waals surface area contributed by atoms with Crippen LogP contribution >= 0.6 is 23.2 Å². The molecule has 2 rings (SSSR count). The van der Waals surface area contributed by atoms with E-state index in [1.165, 1.54) is 0 Å². The molecule has 0 unspecified atom stereocenters. The summed E-state index contributed by atoms with van der Waals surface area (Å²) in [5.74, 6) is -0.442. The van der Waals surface area contributed by atoms with E-state index in [0.29, 0.717) is 27.9 Å². The first kappa shape index (κ1) is 13.0. The highest BCUT2D eigenvalue weighted by Gasteiger charge is 2.12. The van der Waals surface area contributed by atoms with E-state index in [1.54, 1.807) is 31.2 Å². The minimum atomic E-state index is -0.442. The maximum absolute atomic E-state index is 11.7. The molecule has 0 aliphatic carbocycles. The number of ether oxygens (including phenoxy) is 1. The number of carbonyl (C=O) groups is 1. The van der Waals surface area contributed by atoms with Gasteiger partial charge in [-0.1, -0.05) is 23.2 Å². The van der Waals surface area contributed by atoms with Crippen LogP contribution in [-0.2, 0) is 4.74 Å². The highest BCUT2D eigenvalue weighted by atomic mass is 35.5. The van der Waals surface area contributed by atoms with Gasteiger partial charge in [0.05, 0.1) is 22.2 Å². The number of carbonyl (C=O) groups excluding carboxylic acids is 1. The van der Waals surface area contributed by atoms with Gasteiger partial charge in [0.1, 0.15) is 0 Å². The third kappa shape index (κ3) is 2.37. The van der Waals surface area contributed by atoms with Crippen molar-refractivity contribution in [1.82, 2.24) is 0 Å². The number of esters is 1. The normalized spacial score (nSPS) is 10.6. The van der Waals surface area contributed by atoms with Crippen molar-refractivity contribution < 1.29 is 9.53 Å². The molecule has 18 heavy (non-hydrogen) atoms. The molecule has 0 atom stereocenters. The number of hydrogen-bond acceptors (Lipinski definition) is 3. The lowest BCUT2D eigenvalue weighted by Gasteiger charge is -2.08. The van der Waals surface area contributed by atoms with Crippen molar-refractivity contribution in [2.75, 3.05) is 12.3 Å². The van der Waals surface area contributed by atoms with Crippen LogP contribution in [0.15, 0.2) is 24.3 Å². The largest absolute Gasteiger partial charge is 0.462 e. The van der Waals surface area contributed by atoms with Gasteiger partial charge in [-0.25, -0.2) is 4.79 Å². The van der Waals surface area contributed by atoms with E-state index < -0.39 is 5.97 Å². The molecule has 2 aromatic carbocycles. The third-order valence-corrected chi connectivity index (χ3v) is 3.27. The van der Waals surface area contributed by atoms with Gasteiger partial charge in [0.2, 0.25) is 0 Å². The molecule has 0 aliphatic rings. The number of benzene rings is 2. The Morgan fingerprint density at radius 3 is 2.28 bits per heavy atom. The van der Waals surface area contributed by atoms with Crippen LogP contribution in [0.1, 0.15) is 17.3 Å². The van der Waals surface area contributed by atoms with E-state index in [1.807, 2.05) is 0 Å². The smallest absolute Gasteiger partial charge is 0.340 e. The molecule has 0 saturated carbocycles. The second kappa shape index (κ2) is 5.04. The summed E-state index contributed by atoms with van der Waals surface area (Å²) in [6.07, 6.45) is 0. The lowest BCUT2D eigenvalue weighted by Crippen LogP contribution is -2.07. The van der Waals surface area contributed by atoms with E-state index >= 15 is 0 Å². The van der Waals surface area contributed by atoms with E-state index in [4.69, 9.17) is 33.7 Å². The Morgan fingerprint density at radius 2 is 1.72 bits per heavy atom. The molecular weight excluding hydrogens is 273 g/mol. The number of rotatable bonds is 2. The van der Waals surface area contributed by atoms with Gasteiger partial charge in [-0.2, -0.15) is 0 Å². The van der Waals surface area contributed by atoms with Gasteiger partial charge in [-0.3, -0.25) is 0 Å². The second-order valence-corrected chi connectivity index (χ2v) is 4.59. The number of nitrogen functional groups attached to an aromatic ring is 1. The molecule has 3 nitrogen and oxygen atoms in total. The highest BCUT2D eigenvalue weighted by Crippen LogP contribution is 2.30. The van der Waals surface area contributed by atoms with E-state index in [2.05, 4.69) is 0 Å². The van der Waals surface area contributed by atoms with Gasteiger partial charge in [-0.15, -0.1) is 0 Å². The molecule has 5 heteroatoms. The van der Waals surface area contributed by atoms with Crippen molar-refractivity contribution in [3.8, 4) is 0 Å². The van der Waals surface area contributed by atoms with E-state index in [-0.39, 0.29) is 0 Å². The van der Waals surface area contributed by atoms with Crippen molar-refractivity contribution in [1.29, 1.82) is 0 Å². The second-order valence-electron chi connectivity index (χ2n) is 3.77. The zero-order chi connectivity index (χ0) is 13.3. The summed E-state index contributed by atoms with van der Waals surface area (Å²) < 4.78 is 4.93. The molecule has 94 valence electrons. The Labute approximate surface area is 114 Å². The maximum atomic E-state index is 11.7. The van der Waals surface area contributed by atoms with Gasteiger partial charge < -0.3 is 10.5 Å². The Bertz CT molecular complexity index is 626. The van der Waals surface area contributed by atoms with Crippen LogP contribution in [0.2, 0.25) is 10.0 Å². The van der Waals surface area contributed by atoms with Crippen molar-refractivity contribution in [2.45, 2.75) is 6.92 Å². The fourth-order valence-electron chi connectivity index (χ4n) is 1.70. The average molecular weight is 284 g/mol. The monoisotopic (exact) mass is 283 g/mol. The van der Waals surface area contributed by atoms with Crippen molar-refractivity contribution in [2.24, 2.45) is 0 Å². The molecule has 0 saturated heterocycles. The number of halogens is 2. The molecule has 0 bridgehead atoms. The Kier molecular flexibility index (Phi) is 3.64. The molecule has 0 fully saturated rings.